The molecule has 1 saturated heterocycles. The summed E-state index contributed by atoms with van der Waals surface area (Å²) < 4.78 is 39.1. The number of fused-ring (bicyclic) bond motifs is 1. The van der Waals surface area contributed by atoms with Gasteiger partial charge in [-0.25, -0.2) is 18.2 Å². The highest BCUT2D eigenvalue weighted by molar-refractivity contribution is 7.92. The van der Waals surface area contributed by atoms with Gasteiger partial charge in [-0.2, -0.15) is 4.98 Å². The summed E-state index contributed by atoms with van der Waals surface area (Å²) in [7, 11) is -3.59. The van der Waals surface area contributed by atoms with E-state index in [1.54, 1.807) is 56.0 Å². The van der Waals surface area contributed by atoms with Crippen LogP contribution in [0.25, 0.3) is 10.8 Å². The molecule has 0 aliphatic carbocycles. The molecule has 246 valence electrons. The Labute approximate surface area is 273 Å². The fourth-order valence-electron chi connectivity index (χ4n) is 5.35. The molecule has 1 fully saturated rings. The van der Waals surface area contributed by atoms with Crippen molar-refractivity contribution in [1.82, 2.24) is 19.4 Å². The number of aromatic hydroxyl groups is 1. The van der Waals surface area contributed by atoms with E-state index in [2.05, 4.69) is 20.6 Å². The highest BCUT2D eigenvalue weighted by atomic mass is 35.5. The zero-order valence-electron chi connectivity index (χ0n) is 26.4. The van der Waals surface area contributed by atoms with Crippen LogP contribution in [-0.2, 0) is 14.6 Å². The van der Waals surface area contributed by atoms with Gasteiger partial charge in [-0.15, -0.1) is 0 Å². The van der Waals surface area contributed by atoms with E-state index in [0.29, 0.717) is 55.0 Å². The summed E-state index contributed by atoms with van der Waals surface area (Å²) in [4.78, 5) is 22.9. The van der Waals surface area contributed by atoms with E-state index in [-0.39, 0.29) is 45.8 Å². The Hall–Kier alpha value is -4.23. The van der Waals surface area contributed by atoms with Crippen molar-refractivity contribution in [2.24, 2.45) is 0 Å². The summed E-state index contributed by atoms with van der Waals surface area (Å²) >= 11 is 6.44. The number of carbonyl (C=O) groups excluding carboxylic acids is 1. The number of piperidine rings is 1. The number of rotatable bonds is 10. The van der Waals surface area contributed by atoms with Gasteiger partial charge in [0, 0.05) is 36.1 Å². The number of likely N-dealkylation sites (tertiary alicyclic amines) is 1. The number of aromatic nitrogens is 3. The van der Waals surface area contributed by atoms with Gasteiger partial charge in [0.05, 0.1) is 40.4 Å². The van der Waals surface area contributed by atoms with Gasteiger partial charge >= 0.3 is 6.09 Å². The molecule has 3 N–H and O–H groups in total. The number of nitrogens with zero attached hydrogens (tertiary/aromatic N) is 4. The van der Waals surface area contributed by atoms with Crippen LogP contribution in [0.4, 0.5) is 27.9 Å². The van der Waals surface area contributed by atoms with E-state index >= 15 is 0 Å². The second-order valence-corrected chi connectivity index (χ2v) is 14.5. The van der Waals surface area contributed by atoms with Crippen molar-refractivity contribution < 1.29 is 27.8 Å². The molecule has 1 aliphatic heterocycles. The summed E-state index contributed by atoms with van der Waals surface area (Å²) in [6.07, 6.45) is 4.19. The molecule has 12 nitrogen and oxygen atoms in total. The van der Waals surface area contributed by atoms with Crippen LogP contribution in [0, 0.1) is 0 Å². The molecule has 0 bridgehead atoms. The molecule has 1 amide bonds. The second-order valence-electron chi connectivity index (χ2n) is 11.6. The third-order valence-electron chi connectivity index (χ3n) is 7.72. The third-order valence-corrected chi connectivity index (χ3v) is 10.2. The lowest BCUT2D eigenvalue weighted by Gasteiger charge is -2.32. The number of anilines is 4. The number of nitrogens with one attached hydrogen (secondary N) is 2. The smallest absolute Gasteiger partial charge is 0.409 e. The SMILES string of the molecule is CCOC(=O)N1CCC(n2cc3cc(OC(C)C)c(Nc4ncc(Cl)c(Nc5ccccc5S(=O)(=O)C(C)C)n4)cc3c2O)CC1. The molecule has 14 heteroatoms. The summed E-state index contributed by atoms with van der Waals surface area (Å²) in [6, 6.07) is 10.2. The van der Waals surface area contributed by atoms with Crippen LogP contribution in [0.3, 0.4) is 0 Å². The summed E-state index contributed by atoms with van der Waals surface area (Å²) in [6.45, 7) is 10.3. The molecule has 5 rings (SSSR count). The summed E-state index contributed by atoms with van der Waals surface area (Å²) in [5.74, 6) is 1.01. The molecular formula is C32H39ClN6O6S. The lowest BCUT2D eigenvalue weighted by atomic mass is 10.1. The highest BCUT2D eigenvalue weighted by Gasteiger charge is 2.27. The maximum absolute atomic E-state index is 13.0. The van der Waals surface area contributed by atoms with Gasteiger partial charge < -0.3 is 34.7 Å². The Kier molecular flexibility index (Phi) is 9.82. The number of hydrogen-bond acceptors (Lipinski definition) is 10. The number of ether oxygens (including phenoxy) is 2. The van der Waals surface area contributed by atoms with Crippen LogP contribution < -0.4 is 15.4 Å². The molecular weight excluding hydrogens is 632 g/mol. The van der Waals surface area contributed by atoms with Crippen molar-refractivity contribution in [3.8, 4) is 11.6 Å². The summed E-state index contributed by atoms with van der Waals surface area (Å²) in [5, 5.41) is 18.5. The number of hydrogen-bond donors (Lipinski definition) is 3. The number of halogens is 1. The molecule has 0 atom stereocenters. The van der Waals surface area contributed by atoms with E-state index in [9.17, 15) is 18.3 Å². The fraction of sp³-hybridized carbons (Fsp3) is 0.406. The Balaban J connectivity index is 1.44. The second kappa shape index (κ2) is 13.6. The van der Waals surface area contributed by atoms with Crippen LogP contribution in [0.2, 0.25) is 5.02 Å². The fourth-order valence-corrected chi connectivity index (χ4v) is 6.69. The first-order valence-corrected chi connectivity index (χ1v) is 17.2. The molecule has 4 aromatic rings. The van der Waals surface area contributed by atoms with Crippen LogP contribution in [0.5, 0.6) is 11.6 Å². The number of benzene rings is 2. The number of sulfone groups is 1. The van der Waals surface area contributed by atoms with Crippen LogP contribution in [0.1, 0.15) is 53.5 Å². The topological polar surface area (TPSA) is 148 Å². The minimum atomic E-state index is -3.59. The minimum Gasteiger partial charge on any atom is -0.494 e. The molecule has 2 aromatic carbocycles. The standard InChI is InChI=1S/C32H39ClN6O6S/c1-6-44-32(41)38-13-11-22(12-14-38)39-18-21-15-27(45-19(2)3)26(16-23(21)30(39)40)36-31-34-17-24(33)29(37-31)35-25-9-7-8-10-28(25)46(42,43)20(4)5/h7-10,15-20,22,40H,6,11-14H2,1-5H3,(H2,34,35,36,37). The molecule has 1 aliphatic rings. The van der Waals surface area contributed by atoms with E-state index in [0.717, 1.165) is 5.39 Å². The quantitative estimate of drug-likeness (QED) is 0.160. The van der Waals surface area contributed by atoms with E-state index in [4.69, 9.17) is 21.1 Å². The Morgan fingerprint density at radius 1 is 1.11 bits per heavy atom. The van der Waals surface area contributed by atoms with Gasteiger partial charge in [0.25, 0.3) is 0 Å². The zero-order valence-corrected chi connectivity index (χ0v) is 28.0. The first kappa shape index (κ1) is 33.1. The molecule has 0 unspecified atom stereocenters. The van der Waals surface area contributed by atoms with E-state index < -0.39 is 15.1 Å². The maximum atomic E-state index is 13.0. The lowest BCUT2D eigenvalue weighted by molar-refractivity contribution is 0.0921. The minimum absolute atomic E-state index is 0.000397. The first-order chi connectivity index (χ1) is 21.9. The summed E-state index contributed by atoms with van der Waals surface area (Å²) in [5.41, 5.74) is 0.856. The van der Waals surface area contributed by atoms with Crippen molar-refractivity contribution in [3.63, 3.8) is 0 Å². The van der Waals surface area contributed by atoms with Gasteiger partial charge in [0.1, 0.15) is 10.8 Å². The lowest BCUT2D eigenvalue weighted by Crippen LogP contribution is -2.39. The predicted octanol–water partition coefficient (Wildman–Crippen LogP) is 7.04. The Bertz CT molecular complexity index is 1840. The molecule has 3 heterocycles. The first-order valence-electron chi connectivity index (χ1n) is 15.2. The molecule has 0 saturated carbocycles. The van der Waals surface area contributed by atoms with Crippen molar-refractivity contribution in [2.45, 2.75) is 69.8 Å². The van der Waals surface area contributed by atoms with Gasteiger partial charge in [-0.1, -0.05) is 23.7 Å². The average Bonchev–Trinajstić information content (AvgIpc) is 3.33. The van der Waals surface area contributed by atoms with Gasteiger partial charge in [-0.3, -0.25) is 0 Å². The van der Waals surface area contributed by atoms with Crippen LogP contribution in [-0.4, -0.2) is 70.1 Å². The van der Waals surface area contributed by atoms with Crippen LogP contribution >= 0.6 is 11.6 Å². The van der Waals surface area contributed by atoms with Crippen molar-refractivity contribution in [1.29, 1.82) is 0 Å². The Morgan fingerprint density at radius 2 is 1.83 bits per heavy atom. The number of carbonyl (C=O) groups is 1. The zero-order chi connectivity index (χ0) is 33.2. The third kappa shape index (κ3) is 6.95. The van der Waals surface area contributed by atoms with E-state index in [1.165, 1.54) is 6.20 Å². The monoisotopic (exact) mass is 670 g/mol. The van der Waals surface area contributed by atoms with Gasteiger partial charge in [-0.05, 0) is 71.7 Å². The van der Waals surface area contributed by atoms with Gasteiger partial charge in [0.2, 0.25) is 5.95 Å². The predicted molar refractivity (Wildman–Crippen MR) is 179 cm³/mol. The van der Waals surface area contributed by atoms with Crippen molar-refractivity contribution >= 4 is 61.4 Å². The van der Waals surface area contributed by atoms with Crippen LogP contribution in [0.15, 0.2) is 53.7 Å². The largest absolute Gasteiger partial charge is 0.494 e. The average molecular weight is 671 g/mol. The normalized spacial score (nSPS) is 14.2. The molecule has 46 heavy (non-hydrogen) atoms. The Morgan fingerprint density at radius 3 is 2.50 bits per heavy atom. The maximum Gasteiger partial charge on any atom is 0.409 e. The molecule has 2 aromatic heterocycles. The van der Waals surface area contributed by atoms with Gasteiger partial charge in [0.15, 0.2) is 21.5 Å². The molecule has 0 spiro atoms. The van der Waals surface area contributed by atoms with Crippen molar-refractivity contribution in [3.05, 3.63) is 53.8 Å². The number of amides is 1. The number of para-hydroxylation sites is 1. The van der Waals surface area contributed by atoms with E-state index in [1.807, 2.05) is 30.7 Å². The van der Waals surface area contributed by atoms with Crippen molar-refractivity contribution in [2.75, 3.05) is 30.3 Å². The highest BCUT2D eigenvalue weighted by Crippen LogP contribution is 2.40. The molecule has 0 radical (unpaired) electrons.